The SMILES string of the molecule is CCOc1ccc(-n2ccn3c(CC(C)CC(=O)Nc4ccc(C)c(F)c4)nnc3c2=O)cc1. The lowest BCUT2D eigenvalue weighted by Gasteiger charge is -2.12. The third-order valence-corrected chi connectivity index (χ3v) is 5.49. The molecule has 2 heterocycles. The Morgan fingerprint density at radius 1 is 1.15 bits per heavy atom. The summed E-state index contributed by atoms with van der Waals surface area (Å²) in [5.74, 6) is 0.665. The van der Waals surface area contributed by atoms with E-state index in [1.165, 1.54) is 10.6 Å². The zero-order valence-electron chi connectivity index (χ0n) is 19.3. The lowest BCUT2D eigenvalue weighted by molar-refractivity contribution is -0.116. The maximum atomic E-state index is 13.7. The van der Waals surface area contributed by atoms with E-state index in [-0.39, 0.29) is 35.3 Å². The Balaban J connectivity index is 1.46. The van der Waals surface area contributed by atoms with Crippen LogP contribution < -0.4 is 15.6 Å². The van der Waals surface area contributed by atoms with Crippen LogP contribution in [0.3, 0.4) is 0 Å². The van der Waals surface area contributed by atoms with E-state index >= 15 is 0 Å². The first-order chi connectivity index (χ1) is 16.4. The van der Waals surface area contributed by atoms with E-state index in [1.807, 2.05) is 26.0 Å². The molecule has 0 saturated heterocycles. The second-order valence-electron chi connectivity index (χ2n) is 8.24. The van der Waals surface area contributed by atoms with Gasteiger partial charge in [0.25, 0.3) is 0 Å². The van der Waals surface area contributed by atoms with Gasteiger partial charge in [0, 0.05) is 36.6 Å². The largest absolute Gasteiger partial charge is 0.494 e. The molecule has 0 bridgehead atoms. The third-order valence-electron chi connectivity index (χ3n) is 5.49. The Hall–Kier alpha value is -4.01. The lowest BCUT2D eigenvalue weighted by atomic mass is 10.0. The molecule has 4 rings (SSSR count). The molecule has 0 radical (unpaired) electrons. The number of amides is 1. The molecule has 0 spiro atoms. The van der Waals surface area contributed by atoms with Crippen LogP contribution in [0.4, 0.5) is 10.1 Å². The number of nitrogens with one attached hydrogen (secondary N) is 1. The monoisotopic (exact) mass is 463 g/mol. The Bertz CT molecular complexity index is 1380. The van der Waals surface area contributed by atoms with Gasteiger partial charge in [-0.05, 0) is 61.7 Å². The van der Waals surface area contributed by atoms with Crippen molar-refractivity contribution in [1.29, 1.82) is 0 Å². The van der Waals surface area contributed by atoms with E-state index in [4.69, 9.17) is 4.74 Å². The van der Waals surface area contributed by atoms with E-state index in [0.717, 1.165) is 5.75 Å². The minimum Gasteiger partial charge on any atom is -0.494 e. The maximum Gasteiger partial charge on any atom is 0.300 e. The summed E-state index contributed by atoms with van der Waals surface area (Å²) < 4.78 is 22.3. The molecule has 176 valence electrons. The number of ether oxygens (including phenoxy) is 1. The second kappa shape index (κ2) is 9.86. The highest BCUT2D eigenvalue weighted by molar-refractivity contribution is 5.90. The van der Waals surface area contributed by atoms with Crippen LogP contribution in [0.1, 0.15) is 31.7 Å². The predicted molar refractivity (Wildman–Crippen MR) is 127 cm³/mol. The van der Waals surface area contributed by atoms with E-state index < -0.39 is 0 Å². The topological polar surface area (TPSA) is 90.5 Å². The molecule has 0 saturated carbocycles. The Kier molecular flexibility index (Phi) is 6.72. The van der Waals surface area contributed by atoms with Crippen molar-refractivity contribution < 1.29 is 13.9 Å². The summed E-state index contributed by atoms with van der Waals surface area (Å²) in [6.07, 6.45) is 4.07. The Morgan fingerprint density at radius 3 is 2.62 bits per heavy atom. The molecule has 0 aliphatic carbocycles. The van der Waals surface area contributed by atoms with Crippen molar-refractivity contribution in [2.45, 2.75) is 33.6 Å². The van der Waals surface area contributed by atoms with Gasteiger partial charge in [-0.1, -0.05) is 13.0 Å². The average Bonchev–Trinajstić information content (AvgIpc) is 3.21. The van der Waals surface area contributed by atoms with Crippen molar-refractivity contribution in [3.05, 3.63) is 82.4 Å². The number of rotatable bonds is 8. The van der Waals surface area contributed by atoms with Gasteiger partial charge in [-0.3, -0.25) is 18.6 Å². The van der Waals surface area contributed by atoms with Gasteiger partial charge in [0.05, 0.1) is 6.61 Å². The van der Waals surface area contributed by atoms with Crippen LogP contribution >= 0.6 is 0 Å². The fourth-order valence-electron chi connectivity index (χ4n) is 3.73. The first-order valence-corrected chi connectivity index (χ1v) is 11.1. The molecule has 2 aromatic carbocycles. The van der Waals surface area contributed by atoms with Crippen LogP contribution in [0, 0.1) is 18.7 Å². The molecule has 0 fully saturated rings. The number of aryl methyl sites for hydroxylation is 1. The third kappa shape index (κ3) is 4.98. The first kappa shape index (κ1) is 23.2. The van der Waals surface area contributed by atoms with E-state index in [1.54, 1.807) is 48.0 Å². The van der Waals surface area contributed by atoms with Crippen LogP contribution in [0.2, 0.25) is 0 Å². The fourth-order valence-corrected chi connectivity index (χ4v) is 3.73. The molecule has 1 unspecified atom stereocenters. The quantitative estimate of drug-likeness (QED) is 0.428. The number of aromatic nitrogens is 4. The van der Waals surface area contributed by atoms with E-state index in [9.17, 15) is 14.0 Å². The smallest absolute Gasteiger partial charge is 0.300 e. The minimum atomic E-state index is -0.364. The number of nitrogens with zero attached hydrogens (tertiary/aromatic N) is 4. The standard InChI is InChI=1S/C25H26FN5O3/c1-4-34-20-9-7-19(8-10-20)30-11-12-31-22(28-29-24(31)25(30)33)13-16(2)14-23(32)27-18-6-5-17(3)21(26)15-18/h5-12,15-16H,4,13-14H2,1-3H3,(H,27,32). The summed E-state index contributed by atoms with van der Waals surface area (Å²) in [5.41, 5.74) is 1.54. The maximum absolute atomic E-state index is 13.7. The fraction of sp³-hybridized carbons (Fsp3) is 0.280. The molecule has 0 aliphatic heterocycles. The molecule has 1 atom stereocenters. The number of carbonyl (C=O) groups is 1. The summed E-state index contributed by atoms with van der Waals surface area (Å²) >= 11 is 0. The Labute approximate surface area is 196 Å². The normalized spacial score (nSPS) is 12.0. The van der Waals surface area contributed by atoms with Gasteiger partial charge in [-0.2, -0.15) is 0 Å². The number of hydrogen-bond acceptors (Lipinski definition) is 5. The molecule has 9 heteroatoms. The molecule has 0 aliphatic rings. The van der Waals surface area contributed by atoms with Gasteiger partial charge in [-0.25, -0.2) is 4.39 Å². The molecule has 1 N–H and O–H groups in total. The van der Waals surface area contributed by atoms with Crippen molar-refractivity contribution in [2.24, 2.45) is 5.92 Å². The Morgan fingerprint density at radius 2 is 1.91 bits per heavy atom. The van der Waals surface area contributed by atoms with Crippen LogP contribution in [0.25, 0.3) is 11.3 Å². The number of hydrogen-bond donors (Lipinski definition) is 1. The molecule has 4 aromatic rings. The van der Waals surface area contributed by atoms with Crippen molar-refractivity contribution in [3.63, 3.8) is 0 Å². The first-order valence-electron chi connectivity index (χ1n) is 11.1. The molecule has 2 aromatic heterocycles. The van der Waals surface area contributed by atoms with Crippen molar-refractivity contribution in [2.75, 3.05) is 11.9 Å². The number of halogens is 1. The van der Waals surface area contributed by atoms with Crippen molar-refractivity contribution in [3.8, 4) is 11.4 Å². The van der Waals surface area contributed by atoms with Crippen molar-refractivity contribution in [1.82, 2.24) is 19.2 Å². The molecular formula is C25H26FN5O3. The van der Waals surface area contributed by atoms with Crippen LogP contribution in [-0.2, 0) is 11.2 Å². The van der Waals surface area contributed by atoms with Crippen molar-refractivity contribution >= 4 is 17.2 Å². The minimum absolute atomic E-state index is 0.0729. The van der Waals surface area contributed by atoms with Gasteiger partial charge in [0.15, 0.2) is 0 Å². The summed E-state index contributed by atoms with van der Waals surface area (Å²) in [5, 5.41) is 11.0. The predicted octanol–water partition coefficient (Wildman–Crippen LogP) is 3.93. The highest BCUT2D eigenvalue weighted by Gasteiger charge is 2.17. The summed E-state index contributed by atoms with van der Waals surface area (Å²) in [6.45, 7) is 6.06. The number of benzene rings is 2. The zero-order chi connectivity index (χ0) is 24.2. The second-order valence-corrected chi connectivity index (χ2v) is 8.24. The summed E-state index contributed by atoms with van der Waals surface area (Å²) in [4.78, 5) is 25.4. The van der Waals surface area contributed by atoms with Gasteiger partial charge < -0.3 is 10.1 Å². The summed E-state index contributed by atoms with van der Waals surface area (Å²) in [6, 6.07) is 11.8. The lowest BCUT2D eigenvalue weighted by Crippen LogP contribution is -2.21. The zero-order valence-corrected chi connectivity index (χ0v) is 19.3. The van der Waals surface area contributed by atoms with Gasteiger partial charge in [-0.15, -0.1) is 10.2 Å². The van der Waals surface area contributed by atoms with Crippen LogP contribution in [0.5, 0.6) is 5.75 Å². The summed E-state index contributed by atoms with van der Waals surface area (Å²) in [7, 11) is 0. The molecule has 1 amide bonds. The van der Waals surface area contributed by atoms with Crippen LogP contribution in [0.15, 0.2) is 59.7 Å². The van der Waals surface area contributed by atoms with E-state index in [0.29, 0.717) is 35.8 Å². The number of carbonyl (C=O) groups excluding carboxylic acids is 1. The molecule has 8 nitrogen and oxygen atoms in total. The molecule has 34 heavy (non-hydrogen) atoms. The average molecular weight is 464 g/mol. The number of fused-ring (bicyclic) bond motifs is 1. The van der Waals surface area contributed by atoms with Gasteiger partial charge >= 0.3 is 5.56 Å². The van der Waals surface area contributed by atoms with Gasteiger partial charge in [0.1, 0.15) is 17.4 Å². The highest BCUT2D eigenvalue weighted by atomic mass is 19.1. The number of anilines is 1. The van der Waals surface area contributed by atoms with Gasteiger partial charge in [0.2, 0.25) is 11.6 Å². The van der Waals surface area contributed by atoms with Crippen LogP contribution in [-0.4, -0.2) is 31.7 Å². The van der Waals surface area contributed by atoms with E-state index in [2.05, 4.69) is 15.5 Å². The highest BCUT2D eigenvalue weighted by Crippen LogP contribution is 2.17. The molecular weight excluding hydrogens is 437 g/mol.